The van der Waals surface area contributed by atoms with Crippen molar-refractivity contribution < 1.29 is 47.8 Å². The highest BCUT2D eigenvalue weighted by Gasteiger charge is 2.33. The van der Waals surface area contributed by atoms with Crippen LogP contribution in [0, 0.1) is 0 Å². The smallest absolute Gasteiger partial charge is 0.333 e. The van der Waals surface area contributed by atoms with E-state index in [9.17, 15) is 14.4 Å². The van der Waals surface area contributed by atoms with Gasteiger partial charge in [-0.2, -0.15) is 4.57 Å². The van der Waals surface area contributed by atoms with Gasteiger partial charge in [-0.15, -0.1) is 5.06 Å². The van der Waals surface area contributed by atoms with Gasteiger partial charge in [0, 0.05) is 35.7 Å². The summed E-state index contributed by atoms with van der Waals surface area (Å²) in [4.78, 5) is 47.2. The Hall–Kier alpha value is -3.90. The second-order valence-electron chi connectivity index (χ2n) is 11.3. The third-order valence-corrected chi connectivity index (χ3v) is 9.49. The predicted molar refractivity (Wildman–Crippen MR) is 171 cm³/mol. The van der Waals surface area contributed by atoms with Gasteiger partial charge >= 0.3 is 5.97 Å². The molecule has 0 saturated carbocycles. The SMILES string of the molecule is CN(CCCC(=O)ON1C(=O)CCC1=O)c1cc(C=C2Sc3cccc4c3N2CCC4)c2ccccc2[n+]1-c1ccccc1.[I-]. The molecule has 0 unspecified atom stereocenters. The molecular weight excluding hydrogens is 699 g/mol. The van der Waals surface area contributed by atoms with Gasteiger partial charge < -0.3 is 33.7 Å². The van der Waals surface area contributed by atoms with Gasteiger partial charge in [0.15, 0.2) is 0 Å². The highest BCUT2D eigenvalue weighted by Crippen LogP contribution is 2.50. The summed E-state index contributed by atoms with van der Waals surface area (Å²) in [5.74, 6) is -0.529. The summed E-state index contributed by atoms with van der Waals surface area (Å²) >= 11 is 1.83. The molecule has 3 aliphatic rings. The van der Waals surface area contributed by atoms with Crippen LogP contribution in [0.5, 0.6) is 0 Å². The number of aromatic nitrogens is 1. The van der Waals surface area contributed by atoms with Crippen LogP contribution in [0.1, 0.15) is 43.2 Å². The largest absolute Gasteiger partial charge is 1.00 e. The third-order valence-electron chi connectivity index (χ3n) is 8.39. The van der Waals surface area contributed by atoms with Crippen LogP contribution >= 0.6 is 11.8 Å². The molecule has 3 aromatic carbocycles. The van der Waals surface area contributed by atoms with Gasteiger partial charge in [0.2, 0.25) is 0 Å². The van der Waals surface area contributed by atoms with Crippen molar-refractivity contribution in [2.24, 2.45) is 0 Å². The van der Waals surface area contributed by atoms with E-state index in [1.807, 2.05) is 37.0 Å². The van der Waals surface area contributed by atoms with Crippen molar-refractivity contribution in [3.8, 4) is 5.69 Å². The number of pyridine rings is 1. The van der Waals surface area contributed by atoms with Crippen molar-refractivity contribution in [1.82, 2.24) is 5.06 Å². The van der Waals surface area contributed by atoms with Crippen molar-refractivity contribution >= 4 is 58.0 Å². The Bertz CT molecular complexity index is 1810. The Morgan fingerprint density at radius 1 is 0.978 bits per heavy atom. The van der Waals surface area contributed by atoms with E-state index in [-0.39, 0.29) is 43.2 Å². The molecule has 1 saturated heterocycles. The number of carbonyl (C=O) groups is 3. The number of fused-ring (bicyclic) bond motifs is 1. The number of para-hydroxylation sites is 3. The summed E-state index contributed by atoms with van der Waals surface area (Å²) in [5.41, 5.74) is 6.03. The average Bonchev–Trinajstić information content (AvgIpc) is 3.56. The molecule has 230 valence electrons. The maximum atomic E-state index is 12.5. The zero-order valence-electron chi connectivity index (χ0n) is 24.9. The Labute approximate surface area is 283 Å². The van der Waals surface area contributed by atoms with Gasteiger partial charge in [0.25, 0.3) is 17.6 Å². The molecular formula is C35H33IN4O4S. The minimum atomic E-state index is -0.583. The van der Waals surface area contributed by atoms with Crippen LogP contribution in [0.25, 0.3) is 22.7 Å². The monoisotopic (exact) mass is 732 g/mol. The number of anilines is 2. The van der Waals surface area contributed by atoms with Gasteiger partial charge in [-0.25, -0.2) is 4.79 Å². The molecule has 0 spiro atoms. The van der Waals surface area contributed by atoms with Gasteiger partial charge in [0.05, 0.1) is 30.7 Å². The number of thioether (sulfide) groups is 1. The number of rotatable bonds is 8. The van der Waals surface area contributed by atoms with Crippen molar-refractivity contribution in [3.63, 3.8) is 0 Å². The first-order chi connectivity index (χ1) is 21.5. The lowest BCUT2D eigenvalue weighted by atomic mass is 10.0. The molecule has 45 heavy (non-hydrogen) atoms. The number of carbonyl (C=O) groups excluding carboxylic acids is 3. The first-order valence-corrected chi connectivity index (χ1v) is 15.9. The van der Waals surface area contributed by atoms with Crippen LogP contribution in [-0.4, -0.2) is 43.0 Å². The lowest BCUT2D eigenvalue weighted by Gasteiger charge is -2.27. The molecule has 0 aliphatic carbocycles. The zero-order valence-corrected chi connectivity index (χ0v) is 27.9. The van der Waals surface area contributed by atoms with Crippen LogP contribution in [-0.2, 0) is 25.6 Å². The Morgan fingerprint density at radius 2 is 1.73 bits per heavy atom. The highest BCUT2D eigenvalue weighted by atomic mass is 127. The lowest BCUT2D eigenvalue weighted by molar-refractivity contribution is -0.553. The molecule has 10 heteroatoms. The molecule has 0 atom stereocenters. The quantitative estimate of drug-likeness (QED) is 0.157. The number of imide groups is 1. The fourth-order valence-corrected chi connectivity index (χ4v) is 7.46. The fraction of sp³-hybridized carbons (Fsp3) is 0.257. The normalized spacial score (nSPS) is 16.2. The number of hydrogen-bond acceptors (Lipinski definition) is 7. The van der Waals surface area contributed by atoms with Crippen molar-refractivity contribution in [2.75, 3.05) is 29.9 Å². The predicted octanol–water partition coefficient (Wildman–Crippen LogP) is 2.80. The molecule has 2 amide bonds. The lowest BCUT2D eigenvalue weighted by Crippen LogP contribution is -3.00. The minimum absolute atomic E-state index is 0. The second-order valence-corrected chi connectivity index (χ2v) is 12.4. The zero-order chi connectivity index (χ0) is 30.2. The average molecular weight is 733 g/mol. The number of amides is 2. The summed E-state index contributed by atoms with van der Waals surface area (Å²) in [5, 5.41) is 3.00. The van der Waals surface area contributed by atoms with Gasteiger partial charge in [-0.05, 0) is 60.7 Å². The molecule has 7 rings (SSSR count). The van der Waals surface area contributed by atoms with Crippen LogP contribution in [0.2, 0.25) is 0 Å². The molecule has 0 bridgehead atoms. The number of nitrogens with zero attached hydrogens (tertiary/aromatic N) is 4. The van der Waals surface area contributed by atoms with E-state index in [0.717, 1.165) is 47.4 Å². The molecule has 1 aromatic heterocycles. The summed E-state index contributed by atoms with van der Waals surface area (Å²) in [6, 6.07) is 27.6. The first-order valence-electron chi connectivity index (χ1n) is 15.1. The van der Waals surface area contributed by atoms with E-state index in [1.54, 1.807) is 0 Å². The maximum absolute atomic E-state index is 12.5. The Kier molecular flexibility index (Phi) is 9.14. The van der Waals surface area contributed by atoms with Crippen LogP contribution in [0.15, 0.2) is 88.8 Å². The molecule has 3 aliphatic heterocycles. The van der Waals surface area contributed by atoms with E-state index >= 15 is 0 Å². The molecule has 4 aromatic rings. The van der Waals surface area contributed by atoms with Crippen molar-refractivity contribution in [3.05, 3.63) is 95.0 Å². The number of benzene rings is 3. The van der Waals surface area contributed by atoms with Gasteiger partial charge in [-0.3, -0.25) is 14.5 Å². The minimum Gasteiger partial charge on any atom is -1.00 e. The maximum Gasteiger partial charge on any atom is 0.333 e. The summed E-state index contributed by atoms with van der Waals surface area (Å²) in [6.45, 7) is 1.57. The van der Waals surface area contributed by atoms with E-state index in [1.165, 1.54) is 21.2 Å². The second kappa shape index (κ2) is 13.2. The van der Waals surface area contributed by atoms with E-state index in [0.29, 0.717) is 18.0 Å². The number of hydrogen-bond donors (Lipinski definition) is 0. The fourth-order valence-electron chi connectivity index (χ4n) is 6.27. The topological polar surface area (TPSA) is 74.0 Å². The van der Waals surface area contributed by atoms with E-state index in [4.69, 9.17) is 4.84 Å². The highest BCUT2D eigenvalue weighted by molar-refractivity contribution is 8.03. The molecule has 8 nitrogen and oxygen atoms in total. The van der Waals surface area contributed by atoms with Crippen LogP contribution in [0.4, 0.5) is 11.5 Å². The summed E-state index contributed by atoms with van der Waals surface area (Å²) in [7, 11) is 2.02. The Balaban J connectivity index is 0.00000357. The molecule has 0 N–H and O–H groups in total. The van der Waals surface area contributed by atoms with Crippen LogP contribution < -0.4 is 38.3 Å². The molecule has 4 heterocycles. The standard InChI is InChI=1S/C35H33N4O4S.HI/c1-36(20-9-17-34(42)43-39-31(40)18-19-32(39)41)30-22-25(23-33-37-21-8-11-24-10-7-16-29(44-33)35(24)37)27-14-5-6-15-28(27)38(30)26-12-3-2-4-13-26;/h2-7,10,12-16,22-23H,8-9,11,17-21H2,1H3;1H/q+1;/p-1. The molecule has 1 fully saturated rings. The first kappa shape index (κ1) is 31.1. The number of hydroxylamine groups is 2. The van der Waals surface area contributed by atoms with E-state index in [2.05, 4.69) is 81.1 Å². The van der Waals surface area contributed by atoms with Crippen molar-refractivity contribution in [1.29, 1.82) is 0 Å². The van der Waals surface area contributed by atoms with Crippen molar-refractivity contribution in [2.45, 2.75) is 43.4 Å². The van der Waals surface area contributed by atoms with E-state index < -0.39 is 17.8 Å². The van der Waals surface area contributed by atoms with Gasteiger partial charge in [0.1, 0.15) is 11.2 Å². The summed E-state index contributed by atoms with van der Waals surface area (Å²) in [6.07, 6.45) is 5.31. The van der Waals surface area contributed by atoms with Gasteiger partial charge in [-0.1, -0.05) is 60.3 Å². The summed E-state index contributed by atoms with van der Waals surface area (Å²) < 4.78 is 2.26. The Morgan fingerprint density at radius 3 is 2.53 bits per heavy atom. The third kappa shape index (κ3) is 6.05. The molecule has 0 radical (unpaired) electrons. The number of aryl methyl sites for hydroxylation is 1. The van der Waals surface area contributed by atoms with Crippen LogP contribution in [0.3, 0.4) is 0 Å². The number of halogens is 1.